The summed E-state index contributed by atoms with van der Waals surface area (Å²) in [6, 6.07) is 4.47. The zero-order chi connectivity index (χ0) is 13.5. The maximum atomic E-state index is 9.97. The number of aliphatic hydroxyl groups is 1. The number of aryl methyl sites for hydroxylation is 3. The summed E-state index contributed by atoms with van der Waals surface area (Å²) in [6.07, 6.45) is 1.76. The van der Waals surface area contributed by atoms with Gasteiger partial charge in [0.1, 0.15) is 0 Å². The molecule has 1 unspecified atom stereocenters. The average Bonchev–Trinajstić information content (AvgIpc) is 2.22. The second-order valence-electron chi connectivity index (χ2n) is 6.36. The van der Waals surface area contributed by atoms with E-state index >= 15 is 0 Å². The van der Waals surface area contributed by atoms with E-state index < -0.39 is 0 Å². The number of nitrogens with zero attached hydrogens (tertiary/aromatic N) is 1. The van der Waals surface area contributed by atoms with E-state index in [9.17, 15) is 5.11 Å². The molecule has 2 rings (SSSR count). The minimum atomic E-state index is -0.196. The zero-order valence-corrected chi connectivity index (χ0v) is 12.2. The standard InChI is InChI=1S/C16H25NO/c1-11-8-12(2)15(13(3)9-11)17-10-14(18)6-7-16(17,4)5/h8-9,14,18H,6-7,10H2,1-5H3. The van der Waals surface area contributed by atoms with Gasteiger partial charge >= 0.3 is 0 Å². The normalized spacial score (nSPS) is 23.2. The molecule has 1 atom stereocenters. The Morgan fingerprint density at radius 3 is 2.28 bits per heavy atom. The van der Waals surface area contributed by atoms with Crippen molar-refractivity contribution in [3.8, 4) is 0 Å². The van der Waals surface area contributed by atoms with E-state index in [1.54, 1.807) is 0 Å². The largest absolute Gasteiger partial charge is 0.391 e. The minimum Gasteiger partial charge on any atom is -0.391 e. The van der Waals surface area contributed by atoms with E-state index in [1.807, 2.05) is 0 Å². The number of hydrogen-bond acceptors (Lipinski definition) is 2. The van der Waals surface area contributed by atoms with Gasteiger partial charge in [0.25, 0.3) is 0 Å². The SMILES string of the molecule is Cc1cc(C)c(N2CC(O)CCC2(C)C)c(C)c1. The van der Waals surface area contributed by atoms with E-state index in [2.05, 4.69) is 51.7 Å². The van der Waals surface area contributed by atoms with E-state index in [4.69, 9.17) is 0 Å². The van der Waals surface area contributed by atoms with Crippen molar-refractivity contribution in [1.82, 2.24) is 0 Å². The number of hydrogen-bond donors (Lipinski definition) is 1. The quantitative estimate of drug-likeness (QED) is 0.822. The van der Waals surface area contributed by atoms with E-state index in [1.165, 1.54) is 22.4 Å². The lowest BCUT2D eigenvalue weighted by molar-refractivity contribution is 0.126. The summed E-state index contributed by atoms with van der Waals surface area (Å²) in [6.45, 7) is 11.8. The van der Waals surface area contributed by atoms with Gasteiger partial charge in [0.2, 0.25) is 0 Å². The molecule has 1 aliphatic rings. The van der Waals surface area contributed by atoms with Crippen LogP contribution in [0.15, 0.2) is 12.1 Å². The van der Waals surface area contributed by atoms with Crippen molar-refractivity contribution in [2.24, 2.45) is 0 Å². The fourth-order valence-electron chi connectivity index (χ4n) is 3.20. The number of anilines is 1. The molecule has 1 saturated heterocycles. The Balaban J connectivity index is 2.46. The monoisotopic (exact) mass is 247 g/mol. The van der Waals surface area contributed by atoms with Crippen molar-refractivity contribution >= 4 is 5.69 Å². The van der Waals surface area contributed by atoms with Gasteiger partial charge in [-0.3, -0.25) is 0 Å². The van der Waals surface area contributed by atoms with Gasteiger partial charge in [-0.15, -0.1) is 0 Å². The zero-order valence-electron chi connectivity index (χ0n) is 12.2. The lowest BCUT2D eigenvalue weighted by atomic mass is 9.87. The maximum absolute atomic E-state index is 9.97. The van der Waals surface area contributed by atoms with Gasteiger partial charge in [-0.2, -0.15) is 0 Å². The number of aliphatic hydroxyl groups excluding tert-OH is 1. The summed E-state index contributed by atoms with van der Waals surface area (Å²) in [4.78, 5) is 2.39. The Bertz CT molecular complexity index is 427. The fraction of sp³-hybridized carbons (Fsp3) is 0.625. The summed E-state index contributed by atoms with van der Waals surface area (Å²) in [7, 11) is 0. The molecule has 0 radical (unpaired) electrons. The predicted molar refractivity (Wildman–Crippen MR) is 77.3 cm³/mol. The number of benzene rings is 1. The highest BCUT2D eigenvalue weighted by Crippen LogP contribution is 2.36. The summed E-state index contributed by atoms with van der Waals surface area (Å²) >= 11 is 0. The molecule has 100 valence electrons. The van der Waals surface area contributed by atoms with Crippen LogP contribution in [0.2, 0.25) is 0 Å². The molecule has 2 heteroatoms. The molecule has 1 aromatic rings. The van der Waals surface area contributed by atoms with Crippen LogP contribution in [0, 0.1) is 20.8 Å². The molecular weight excluding hydrogens is 222 g/mol. The number of piperidine rings is 1. The molecule has 18 heavy (non-hydrogen) atoms. The fourth-order valence-corrected chi connectivity index (χ4v) is 3.20. The van der Waals surface area contributed by atoms with Crippen molar-refractivity contribution in [3.05, 3.63) is 28.8 Å². The van der Waals surface area contributed by atoms with Crippen molar-refractivity contribution < 1.29 is 5.11 Å². The Morgan fingerprint density at radius 1 is 1.17 bits per heavy atom. The molecular formula is C16H25NO. The highest BCUT2D eigenvalue weighted by Gasteiger charge is 2.34. The van der Waals surface area contributed by atoms with Crippen LogP contribution in [0.1, 0.15) is 43.4 Å². The molecule has 0 aromatic heterocycles. The first-order valence-electron chi connectivity index (χ1n) is 6.85. The molecule has 1 aromatic carbocycles. The smallest absolute Gasteiger partial charge is 0.0716 e. The Morgan fingerprint density at radius 2 is 1.72 bits per heavy atom. The Hall–Kier alpha value is -1.02. The van der Waals surface area contributed by atoms with Crippen molar-refractivity contribution in [2.45, 2.75) is 59.1 Å². The highest BCUT2D eigenvalue weighted by molar-refractivity contribution is 5.62. The topological polar surface area (TPSA) is 23.5 Å². The first-order chi connectivity index (χ1) is 8.31. The van der Waals surface area contributed by atoms with Crippen LogP contribution in [0.4, 0.5) is 5.69 Å². The van der Waals surface area contributed by atoms with Gasteiger partial charge in [0.15, 0.2) is 0 Å². The van der Waals surface area contributed by atoms with Gasteiger partial charge in [-0.1, -0.05) is 17.7 Å². The molecule has 1 heterocycles. The lowest BCUT2D eigenvalue weighted by Crippen LogP contribution is -2.52. The molecule has 0 bridgehead atoms. The summed E-state index contributed by atoms with van der Waals surface area (Å²) < 4.78 is 0. The summed E-state index contributed by atoms with van der Waals surface area (Å²) in [5.41, 5.74) is 5.38. The highest BCUT2D eigenvalue weighted by atomic mass is 16.3. The minimum absolute atomic E-state index is 0.129. The van der Waals surface area contributed by atoms with Crippen LogP contribution in [0.25, 0.3) is 0 Å². The number of rotatable bonds is 1. The number of β-amino-alcohol motifs (C(OH)–C–C–N with tert-alkyl or cyclic N) is 1. The van der Waals surface area contributed by atoms with Gasteiger partial charge in [-0.25, -0.2) is 0 Å². The van der Waals surface area contributed by atoms with Crippen LogP contribution in [0.3, 0.4) is 0 Å². The van der Waals surface area contributed by atoms with E-state index in [0.29, 0.717) is 0 Å². The van der Waals surface area contributed by atoms with Crippen LogP contribution in [-0.4, -0.2) is 23.3 Å². The maximum Gasteiger partial charge on any atom is 0.0716 e. The Labute approximate surface area is 111 Å². The molecule has 1 N–H and O–H groups in total. The van der Waals surface area contributed by atoms with Gasteiger partial charge < -0.3 is 10.0 Å². The third-order valence-electron chi connectivity index (χ3n) is 4.12. The predicted octanol–water partition coefficient (Wildman–Crippen LogP) is 3.35. The van der Waals surface area contributed by atoms with Crippen LogP contribution < -0.4 is 4.90 Å². The molecule has 0 spiro atoms. The first kappa shape index (κ1) is 13.4. The molecule has 0 amide bonds. The Kier molecular flexibility index (Phi) is 3.41. The van der Waals surface area contributed by atoms with Crippen LogP contribution in [-0.2, 0) is 0 Å². The summed E-state index contributed by atoms with van der Waals surface area (Å²) in [5.74, 6) is 0. The molecule has 1 fully saturated rings. The first-order valence-corrected chi connectivity index (χ1v) is 6.85. The van der Waals surface area contributed by atoms with Gasteiger partial charge in [0.05, 0.1) is 6.10 Å². The van der Waals surface area contributed by atoms with E-state index in [-0.39, 0.29) is 11.6 Å². The van der Waals surface area contributed by atoms with Gasteiger partial charge in [-0.05, 0) is 58.6 Å². The van der Waals surface area contributed by atoms with Crippen molar-refractivity contribution in [2.75, 3.05) is 11.4 Å². The molecule has 2 nitrogen and oxygen atoms in total. The third-order valence-corrected chi connectivity index (χ3v) is 4.12. The van der Waals surface area contributed by atoms with Crippen molar-refractivity contribution in [1.29, 1.82) is 0 Å². The molecule has 0 saturated carbocycles. The third kappa shape index (κ3) is 2.39. The molecule has 1 aliphatic heterocycles. The summed E-state index contributed by atoms with van der Waals surface area (Å²) in [5, 5.41) is 9.97. The van der Waals surface area contributed by atoms with Crippen molar-refractivity contribution in [3.63, 3.8) is 0 Å². The second-order valence-corrected chi connectivity index (χ2v) is 6.36. The molecule has 0 aliphatic carbocycles. The second kappa shape index (κ2) is 4.58. The van der Waals surface area contributed by atoms with Crippen LogP contribution in [0.5, 0.6) is 0 Å². The van der Waals surface area contributed by atoms with Crippen LogP contribution >= 0.6 is 0 Å². The van der Waals surface area contributed by atoms with E-state index in [0.717, 1.165) is 19.4 Å². The van der Waals surface area contributed by atoms with Gasteiger partial charge in [0, 0.05) is 17.8 Å². The lowest BCUT2D eigenvalue weighted by Gasteiger charge is -2.47. The average molecular weight is 247 g/mol.